The summed E-state index contributed by atoms with van der Waals surface area (Å²) in [5.41, 5.74) is 9.43. The minimum atomic E-state index is 0.476. The first-order valence-corrected chi connectivity index (χ1v) is 6.54. The van der Waals surface area contributed by atoms with Crippen molar-refractivity contribution in [2.24, 2.45) is 0 Å². The van der Waals surface area contributed by atoms with E-state index in [9.17, 15) is 0 Å². The zero-order chi connectivity index (χ0) is 13.4. The average molecular weight is 255 g/mol. The highest BCUT2D eigenvalue weighted by Gasteiger charge is 2.13. The number of nitrogen functional groups attached to an aromatic ring is 1. The first-order valence-electron chi connectivity index (χ1n) is 6.54. The van der Waals surface area contributed by atoms with Crippen LogP contribution in [0.1, 0.15) is 28.9 Å². The maximum Gasteiger partial charge on any atom is 0.227 e. The van der Waals surface area contributed by atoms with E-state index in [0.29, 0.717) is 17.5 Å². The van der Waals surface area contributed by atoms with Crippen LogP contribution in [0.2, 0.25) is 0 Å². The number of aromatic nitrogens is 2. The van der Waals surface area contributed by atoms with Gasteiger partial charge in [0.25, 0.3) is 0 Å². The van der Waals surface area contributed by atoms with Gasteiger partial charge in [0.15, 0.2) is 0 Å². The van der Waals surface area contributed by atoms with Crippen LogP contribution in [0.4, 0.5) is 5.82 Å². The number of hydrogen-bond acceptors (Lipinski definition) is 4. The fourth-order valence-corrected chi connectivity index (χ4v) is 2.45. The molecule has 1 aromatic carbocycles. The minimum absolute atomic E-state index is 0.476. The molecule has 0 aliphatic heterocycles. The predicted molar refractivity (Wildman–Crippen MR) is 74.5 cm³/mol. The Morgan fingerprint density at radius 2 is 1.89 bits per heavy atom. The molecular weight excluding hydrogens is 238 g/mol. The van der Waals surface area contributed by atoms with Gasteiger partial charge < -0.3 is 10.5 Å². The molecule has 0 atom stereocenters. The predicted octanol–water partition coefficient (Wildman–Crippen LogP) is 2.96. The second-order valence-electron chi connectivity index (χ2n) is 4.97. The highest BCUT2D eigenvalue weighted by atomic mass is 16.5. The van der Waals surface area contributed by atoms with Crippen molar-refractivity contribution in [2.45, 2.75) is 33.1 Å². The molecule has 2 aromatic rings. The number of anilines is 1. The van der Waals surface area contributed by atoms with E-state index in [4.69, 9.17) is 10.5 Å². The van der Waals surface area contributed by atoms with Crippen molar-refractivity contribution in [3.63, 3.8) is 0 Å². The van der Waals surface area contributed by atoms with Crippen LogP contribution in [0.3, 0.4) is 0 Å². The van der Waals surface area contributed by atoms with Crippen molar-refractivity contribution < 1.29 is 4.74 Å². The Labute approximate surface area is 112 Å². The lowest BCUT2D eigenvalue weighted by atomic mass is 10.1. The lowest BCUT2D eigenvalue weighted by molar-refractivity contribution is 0.455. The van der Waals surface area contributed by atoms with Gasteiger partial charge in [0.2, 0.25) is 5.88 Å². The molecule has 0 saturated heterocycles. The number of benzene rings is 1. The van der Waals surface area contributed by atoms with Gasteiger partial charge in [-0.05, 0) is 56.4 Å². The molecule has 98 valence electrons. The van der Waals surface area contributed by atoms with Crippen LogP contribution in [0, 0.1) is 13.8 Å². The lowest BCUT2D eigenvalue weighted by Gasteiger charge is -2.10. The molecule has 0 unspecified atom stereocenters. The maximum absolute atomic E-state index is 5.86. The smallest absolute Gasteiger partial charge is 0.227 e. The van der Waals surface area contributed by atoms with Gasteiger partial charge in [-0.3, -0.25) is 0 Å². The topological polar surface area (TPSA) is 61.0 Å². The van der Waals surface area contributed by atoms with Gasteiger partial charge in [-0.1, -0.05) is 6.07 Å². The Morgan fingerprint density at radius 1 is 1.11 bits per heavy atom. The summed E-state index contributed by atoms with van der Waals surface area (Å²) < 4.78 is 5.86. The first-order chi connectivity index (χ1) is 9.13. The van der Waals surface area contributed by atoms with Crippen molar-refractivity contribution in [3.05, 3.63) is 40.7 Å². The molecule has 1 aliphatic carbocycles. The van der Waals surface area contributed by atoms with Crippen molar-refractivity contribution in [2.75, 3.05) is 5.73 Å². The fourth-order valence-electron chi connectivity index (χ4n) is 2.45. The Morgan fingerprint density at radius 3 is 2.74 bits per heavy atom. The van der Waals surface area contributed by atoms with Crippen molar-refractivity contribution in [3.8, 4) is 11.6 Å². The summed E-state index contributed by atoms with van der Waals surface area (Å²) in [6, 6.07) is 6.25. The Bertz CT molecular complexity index is 638. The molecule has 0 fully saturated rings. The molecule has 0 saturated carbocycles. The summed E-state index contributed by atoms with van der Waals surface area (Å²) in [6.07, 6.45) is 3.54. The summed E-state index contributed by atoms with van der Waals surface area (Å²) in [7, 11) is 0. The molecule has 2 N–H and O–H groups in total. The van der Waals surface area contributed by atoms with Crippen LogP contribution in [0.15, 0.2) is 18.2 Å². The second-order valence-corrected chi connectivity index (χ2v) is 4.97. The third kappa shape index (κ3) is 2.26. The van der Waals surface area contributed by atoms with E-state index in [1.807, 2.05) is 19.9 Å². The van der Waals surface area contributed by atoms with Crippen LogP contribution >= 0.6 is 0 Å². The Hall–Kier alpha value is -2.10. The SMILES string of the molecule is Cc1nc(N)c(C)c(Oc2ccc3c(c2)CCC3)n1. The van der Waals surface area contributed by atoms with E-state index in [0.717, 1.165) is 17.7 Å². The third-order valence-electron chi connectivity index (χ3n) is 3.54. The van der Waals surface area contributed by atoms with E-state index in [2.05, 4.69) is 22.1 Å². The van der Waals surface area contributed by atoms with Crippen LogP contribution in [-0.2, 0) is 12.8 Å². The van der Waals surface area contributed by atoms with Crippen molar-refractivity contribution in [1.82, 2.24) is 9.97 Å². The van der Waals surface area contributed by atoms with Gasteiger partial charge in [0.1, 0.15) is 17.4 Å². The van der Waals surface area contributed by atoms with Gasteiger partial charge >= 0.3 is 0 Å². The van der Waals surface area contributed by atoms with Gasteiger partial charge in [-0.15, -0.1) is 0 Å². The van der Waals surface area contributed by atoms with Crippen molar-refractivity contribution in [1.29, 1.82) is 0 Å². The fraction of sp³-hybridized carbons (Fsp3) is 0.333. The molecule has 0 radical (unpaired) electrons. The van der Waals surface area contributed by atoms with E-state index in [-0.39, 0.29) is 0 Å². The number of ether oxygens (including phenoxy) is 1. The van der Waals surface area contributed by atoms with Gasteiger partial charge in [-0.25, -0.2) is 4.98 Å². The first kappa shape index (κ1) is 12.0. The number of rotatable bonds is 2. The van der Waals surface area contributed by atoms with Crippen molar-refractivity contribution >= 4 is 5.82 Å². The normalized spacial score (nSPS) is 13.4. The van der Waals surface area contributed by atoms with E-state index >= 15 is 0 Å². The highest BCUT2D eigenvalue weighted by molar-refractivity contribution is 5.47. The van der Waals surface area contributed by atoms with Gasteiger partial charge in [0, 0.05) is 0 Å². The molecule has 3 rings (SSSR count). The summed E-state index contributed by atoms with van der Waals surface area (Å²) in [6.45, 7) is 3.68. The number of aryl methyl sites for hydroxylation is 3. The molecular formula is C15H17N3O. The standard InChI is InChI=1S/C15H17N3O/c1-9-14(16)17-10(2)18-15(9)19-13-7-6-11-4-3-5-12(11)8-13/h6-8H,3-5H2,1-2H3,(H2,16,17,18). The molecule has 1 heterocycles. The molecule has 4 nitrogen and oxygen atoms in total. The third-order valence-corrected chi connectivity index (χ3v) is 3.54. The summed E-state index contributed by atoms with van der Waals surface area (Å²) in [5, 5.41) is 0. The van der Waals surface area contributed by atoms with Gasteiger partial charge in [0.05, 0.1) is 5.56 Å². The summed E-state index contributed by atoms with van der Waals surface area (Å²) >= 11 is 0. The Kier molecular flexibility index (Phi) is 2.85. The lowest BCUT2D eigenvalue weighted by Crippen LogP contribution is -2.02. The average Bonchev–Trinajstić information content (AvgIpc) is 2.82. The quantitative estimate of drug-likeness (QED) is 0.896. The highest BCUT2D eigenvalue weighted by Crippen LogP contribution is 2.30. The van der Waals surface area contributed by atoms with E-state index in [1.165, 1.54) is 24.0 Å². The molecule has 4 heteroatoms. The number of nitrogens with zero attached hydrogens (tertiary/aromatic N) is 2. The van der Waals surface area contributed by atoms with Crippen LogP contribution in [-0.4, -0.2) is 9.97 Å². The number of hydrogen-bond donors (Lipinski definition) is 1. The van der Waals surface area contributed by atoms with Crippen LogP contribution in [0.5, 0.6) is 11.6 Å². The summed E-state index contributed by atoms with van der Waals surface area (Å²) in [4.78, 5) is 8.43. The van der Waals surface area contributed by atoms with E-state index < -0.39 is 0 Å². The zero-order valence-electron chi connectivity index (χ0n) is 11.2. The van der Waals surface area contributed by atoms with Crippen LogP contribution in [0.25, 0.3) is 0 Å². The van der Waals surface area contributed by atoms with Gasteiger partial charge in [-0.2, -0.15) is 4.98 Å². The monoisotopic (exact) mass is 255 g/mol. The Balaban J connectivity index is 1.93. The maximum atomic E-state index is 5.86. The molecule has 19 heavy (non-hydrogen) atoms. The number of nitrogens with two attached hydrogens (primary N) is 1. The summed E-state index contributed by atoms with van der Waals surface area (Å²) in [5.74, 6) is 2.46. The molecule has 0 amide bonds. The largest absolute Gasteiger partial charge is 0.439 e. The molecule has 0 spiro atoms. The minimum Gasteiger partial charge on any atom is -0.439 e. The van der Waals surface area contributed by atoms with E-state index in [1.54, 1.807) is 0 Å². The second kappa shape index (κ2) is 4.53. The van der Waals surface area contributed by atoms with Crippen LogP contribution < -0.4 is 10.5 Å². The molecule has 1 aromatic heterocycles. The number of fused-ring (bicyclic) bond motifs is 1. The molecule has 1 aliphatic rings. The molecule has 0 bridgehead atoms. The zero-order valence-corrected chi connectivity index (χ0v) is 11.2.